The molecule has 0 saturated heterocycles. The fourth-order valence-electron chi connectivity index (χ4n) is 2.32. The number of rotatable bonds is 5. The smallest absolute Gasteiger partial charge is 0.307 e. The Hall–Kier alpha value is -2.10. The van der Waals surface area contributed by atoms with Crippen LogP contribution in [-0.4, -0.2) is 27.0 Å². The average molecular weight is 467 g/mol. The first-order chi connectivity index (χ1) is 13.4. The third-order valence-corrected chi connectivity index (χ3v) is 6.09. The van der Waals surface area contributed by atoms with E-state index in [-0.39, 0.29) is 32.3 Å². The van der Waals surface area contributed by atoms with E-state index in [0.29, 0.717) is 0 Å². The number of aryl methyl sites for hydroxylation is 2. The summed E-state index contributed by atoms with van der Waals surface area (Å²) in [5.41, 5.74) is -2.48. The van der Waals surface area contributed by atoms with Gasteiger partial charge in [0, 0.05) is 10.6 Å². The summed E-state index contributed by atoms with van der Waals surface area (Å²) in [7, 11) is -3.04. The number of imide groups is 1. The van der Waals surface area contributed by atoms with Crippen LogP contribution in [0, 0.1) is 13.8 Å². The fourth-order valence-corrected chi connectivity index (χ4v) is 3.88. The molecule has 0 radical (unpaired) electrons. The molecule has 2 aromatic rings. The fraction of sp³-hybridized carbons (Fsp3) is 0.222. The summed E-state index contributed by atoms with van der Waals surface area (Å²) in [6.45, 7) is 2.82. The molecule has 0 heterocycles. The third kappa shape index (κ3) is 5.29. The predicted molar refractivity (Wildman–Crippen MR) is 106 cm³/mol. The van der Waals surface area contributed by atoms with Crippen LogP contribution in [0.15, 0.2) is 41.3 Å². The predicted octanol–water partition coefficient (Wildman–Crippen LogP) is 5.15. The van der Waals surface area contributed by atoms with Crippen LogP contribution in [0.25, 0.3) is 0 Å². The highest BCUT2D eigenvalue weighted by Gasteiger charge is 2.47. The average Bonchev–Trinajstić information content (AvgIpc) is 2.63. The Kier molecular flexibility index (Phi) is 7.31. The van der Waals surface area contributed by atoms with Crippen LogP contribution in [0.4, 0.5) is 23.7 Å². The number of hydrogen-bond donors (Lipinski definition) is 2. The number of alkyl halides is 4. The van der Waals surface area contributed by atoms with Crippen molar-refractivity contribution in [2.24, 2.45) is 0 Å². The van der Waals surface area contributed by atoms with Crippen LogP contribution >= 0.6 is 23.2 Å². The van der Waals surface area contributed by atoms with Crippen molar-refractivity contribution >= 4 is 51.6 Å². The van der Waals surface area contributed by atoms with E-state index in [1.807, 2.05) is 0 Å². The second kappa shape index (κ2) is 9.15. The number of nitrogens with one attached hydrogen (secondary N) is 2. The van der Waals surface area contributed by atoms with E-state index in [1.54, 1.807) is 12.1 Å². The summed E-state index contributed by atoms with van der Waals surface area (Å²) < 4.78 is 52.2. The summed E-state index contributed by atoms with van der Waals surface area (Å²) >= 11 is 10.7. The molecule has 3 amide bonds. The molecule has 2 N–H and O–H groups in total. The molecule has 2 aromatic carbocycles. The Labute approximate surface area is 177 Å². The molecule has 0 fully saturated rings. The minimum Gasteiger partial charge on any atom is -0.307 e. The first-order valence-electron chi connectivity index (χ1n) is 8.01. The van der Waals surface area contributed by atoms with Crippen LogP contribution in [0.3, 0.4) is 0 Å². The van der Waals surface area contributed by atoms with Gasteiger partial charge in [-0.1, -0.05) is 35.3 Å². The van der Waals surface area contributed by atoms with Crippen LogP contribution in [-0.2, 0) is 10.8 Å². The zero-order chi connectivity index (χ0) is 21.9. The second-order valence-electron chi connectivity index (χ2n) is 5.95. The molecule has 2 atom stereocenters. The number of amides is 3. The lowest BCUT2D eigenvalue weighted by molar-refractivity contribution is 0.0478. The lowest BCUT2D eigenvalue weighted by Crippen LogP contribution is -2.35. The van der Waals surface area contributed by atoms with Gasteiger partial charge in [0.2, 0.25) is 5.63 Å². The SMILES string of the molecule is Cc1cc(S(=O)C(F)(F)C(F)Cl)c(C)cc1NC(=O)NC(=O)c1ccccc1Cl. The molecule has 156 valence electrons. The monoisotopic (exact) mass is 466 g/mol. The van der Waals surface area contributed by atoms with Crippen LogP contribution in [0.2, 0.25) is 5.02 Å². The lowest BCUT2D eigenvalue weighted by atomic mass is 10.1. The minimum absolute atomic E-state index is 0.0899. The molecule has 2 unspecified atom stereocenters. The van der Waals surface area contributed by atoms with E-state index in [2.05, 4.69) is 10.6 Å². The Morgan fingerprint density at radius 1 is 1.14 bits per heavy atom. The normalized spacial score (nSPS) is 13.5. The molecule has 11 heteroatoms. The zero-order valence-corrected chi connectivity index (χ0v) is 17.4. The number of benzene rings is 2. The zero-order valence-electron chi connectivity index (χ0n) is 15.1. The van der Waals surface area contributed by atoms with Gasteiger partial charge in [-0.2, -0.15) is 8.78 Å². The van der Waals surface area contributed by atoms with Crippen molar-refractivity contribution in [1.82, 2.24) is 5.32 Å². The van der Waals surface area contributed by atoms with Gasteiger partial charge in [0.15, 0.2) is 0 Å². The van der Waals surface area contributed by atoms with Gasteiger partial charge < -0.3 is 5.32 Å². The summed E-state index contributed by atoms with van der Waals surface area (Å²) in [6.07, 6.45) is 0. The van der Waals surface area contributed by atoms with Crippen LogP contribution in [0.5, 0.6) is 0 Å². The van der Waals surface area contributed by atoms with E-state index in [1.165, 1.54) is 32.0 Å². The van der Waals surface area contributed by atoms with Gasteiger partial charge in [0.25, 0.3) is 5.91 Å². The molecule has 5 nitrogen and oxygen atoms in total. The summed E-state index contributed by atoms with van der Waals surface area (Å²) in [6, 6.07) is 7.63. The van der Waals surface area contributed by atoms with Gasteiger partial charge in [-0.3, -0.25) is 10.1 Å². The topological polar surface area (TPSA) is 75.3 Å². The van der Waals surface area contributed by atoms with Crippen LogP contribution in [0.1, 0.15) is 21.5 Å². The van der Waals surface area contributed by atoms with Crippen molar-refractivity contribution in [3.8, 4) is 0 Å². The molecule has 0 bridgehead atoms. The molecule has 2 rings (SSSR count). The highest BCUT2D eigenvalue weighted by Crippen LogP contribution is 2.35. The van der Waals surface area contributed by atoms with Gasteiger partial charge in [-0.15, -0.1) is 0 Å². The Balaban J connectivity index is 2.19. The van der Waals surface area contributed by atoms with E-state index in [9.17, 15) is 27.0 Å². The van der Waals surface area contributed by atoms with Crippen molar-refractivity contribution in [2.75, 3.05) is 5.32 Å². The number of urea groups is 1. The summed E-state index contributed by atoms with van der Waals surface area (Å²) in [5, 5.41) is 0.357. The first-order valence-corrected chi connectivity index (χ1v) is 9.97. The molecule has 0 aliphatic carbocycles. The van der Waals surface area contributed by atoms with Crippen molar-refractivity contribution < 1.29 is 27.0 Å². The maximum Gasteiger partial charge on any atom is 0.369 e. The van der Waals surface area contributed by atoms with Crippen molar-refractivity contribution in [1.29, 1.82) is 0 Å². The highest BCUT2D eigenvalue weighted by atomic mass is 35.5. The van der Waals surface area contributed by atoms with Crippen molar-refractivity contribution in [2.45, 2.75) is 29.6 Å². The quantitative estimate of drug-likeness (QED) is 0.598. The first kappa shape index (κ1) is 23.2. The number of halogens is 5. The Morgan fingerprint density at radius 3 is 2.34 bits per heavy atom. The van der Waals surface area contributed by atoms with Crippen molar-refractivity contribution in [3.05, 3.63) is 58.1 Å². The molecular weight excluding hydrogens is 452 g/mol. The van der Waals surface area contributed by atoms with Crippen molar-refractivity contribution in [3.63, 3.8) is 0 Å². The Morgan fingerprint density at radius 2 is 1.76 bits per heavy atom. The largest absolute Gasteiger partial charge is 0.369 e. The van der Waals surface area contributed by atoms with E-state index in [0.717, 1.165) is 6.07 Å². The van der Waals surface area contributed by atoms with Gasteiger partial charge in [0.05, 0.1) is 10.6 Å². The highest BCUT2D eigenvalue weighted by molar-refractivity contribution is 7.86. The third-order valence-electron chi connectivity index (χ3n) is 3.82. The lowest BCUT2D eigenvalue weighted by Gasteiger charge is -2.18. The standard InChI is InChI=1S/C18H15Cl2F3N2O3S/c1-9-8-14(29(28)18(22,23)16(20)21)10(2)7-13(9)24-17(27)25-15(26)11-5-3-4-6-12(11)19/h3-8,16H,1-2H3,(H2,24,25,26,27). The summed E-state index contributed by atoms with van der Waals surface area (Å²) in [4.78, 5) is 23.9. The molecule has 0 aromatic heterocycles. The van der Waals surface area contributed by atoms with E-state index >= 15 is 0 Å². The molecule has 0 aliphatic rings. The number of anilines is 1. The number of carbonyl (C=O) groups excluding carboxylic acids is 2. The van der Waals surface area contributed by atoms with Gasteiger partial charge in [-0.05, 0) is 49.2 Å². The van der Waals surface area contributed by atoms with Gasteiger partial charge in [0.1, 0.15) is 10.8 Å². The molecule has 29 heavy (non-hydrogen) atoms. The van der Waals surface area contributed by atoms with Gasteiger partial charge >= 0.3 is 11.3 Å². The maximum absolute atomic E-state index is 13.7. The van der Waals surface area contributed by atoms with Gasteiger partial charge in [-0.25, -0.2) is 13.4 Å². The molecular formula is C18H15Cl2F3N2O3S. The number of hydrogen-bond acceptors (Lipinski definition) is 3. The molecule has 0 saturated carbocycles. The maximum atomic E-state index is 13.7. The number of carbonyl (C=O) groups is 2. The van der Waals surface area contributed by atoms with E-state index < -0.39 is 33.6 Å². The molecule has 0 spiro atoms. The van der Waals surface area contributed by atoms with E-state index in [4.69, 9.17) is 23.2 Å². The summed E-state index contributed by atoms with van der Waals surface area (Å²) in [5.74, 6) is -0.740. The Bertz CT molecular complexity index is 987. The second-order valence-corrected chi connectivity index (χ2v) is 8.26. The molecule has 0 aliphatic heterocycles. The minimum atomic E-state index is -4.29. The van der Waals surface area contributed by atoms with Crippen LogP contribution < -0.4 is 10.6 Å².